The lowest BCUT2D eigenvalue weighted by Gasteiger charge is -2.33. The second-order valence-electron chi connectivity index (χ2n) is 3.95. The van der Waals surface area contributed by atoms with Crippen molar-refractivity contribution in [3.63, 3.8) is 0 Å². The van der Waals surface area contributed by atoms with Gasteiger partial charge in [0.05, 0.1) is 0 Å². The third kappa shape index (κ3) is 2.66. The molecule has 0 aromatic rings. The van der Waals surface area contributed by atoms with Crippen LogP contribution in [0.3, 0.4) is 0 Å². The van der Waals surface area contributed by atoms with Gasteiger partial charge in [-0.2, -0.15) is 0 Å². The first-order valence-corrected chi connectivity index (χ1v) is 4.51. The Morgan fingerprint density at radius 1 is 1.55 bits per heavy atom. The lowest BCUT2D eigenvalue weighted by Crippen LogP contribution is -2.36. The van der Waals surface area contributed by atoms with Crippen LogP contribution in [0, 0.1) is 11.8 Å². The molecular weight excluding hydrogens is 134 g/mol. The Hall–Kier alpha value is -0.300. The Kier molecular flexibility index (Phi) is 3.13. The van der Waals surface area contributed by atoms with Crippen LogP contribution in [0.25, 0.3) is 0 Å². The number of hydrogen-bond acceptors (Lipinski definition) is 1. The van der Waals surface area contributed by atoms with Gasteiger partial charge in [-0.3, -0.25) is 0 Å². The molecule has 0 aromatic carbocycles. The molecule has 64 valence electrons. The number of rotatable bonds is 2. The van der Waals surface area contributed by atoms with Crippen LogP contribution in [0.4, 0.5) is 0 Å². The summed E-state index contributed by atoms with van der Waals surface area (Å²) in [6.45, 7) is 8.66. The number of likely N-dealkylation sites (tertiary alicyclic amines) is 1. The minimum Gasteiger partial charge on any atom is -0.306 e. The molecule has 1 heteroatoms. The highest BCUT2D eigenvalue weighted by molar-refractivity contribution is 4.80. The zero-order valence-electron chi connectivity index (χ0n) is 7.71. The molecule has 0 aromatic heterocycles. The highest BCUT2D eigenvalue weighted by atomic mass is 15.1. The van der Waals surface area contributed by atoms with E-state index in [1.807, 2.05) is 0 Å². The maximum absolute atomic E-state index is 3.79. The molecule has 1 saturated heterocycles. The molecule has 1 heterocycles. The quantitative estimate of drug-likeness (QED) is 0.549. The van der Waals surface area contributed by atoms with Crippen molar-refractivity contribution >= 4 is 0 Å². The molecule has 0 radical (unpaired) electrons. The molecule has 0 bridgehead atoms. The van der Waals surface area contributed by atoms with E-state index >= 15 is 0 Å². The van der Waals surface area contributed by atoms with Gasteiger partial charge in [-0.25, -0.2) is 0 Å². The first-order valence-electron chi connectivity index (χ1n) is 4.51. The second kappa shape index (κ2) is 3.91. The summed E-state index contributed by atoms with van der Waals surface area (Å²) < 4.78 is 0. The SMILES string of the molecule is C=CCC1CC(C)CN(C)C1. The van der Waals surface area contributed by atoms with Gasteiger partial charge in [0.1, 0.15) is 0 Å². The lowest BCUT2D eigenvalue weighted by molar-refractivity contribution is 0.162. The van der Waals surface area contributed by atoms with Crippen molar-refractivity contribution in [2.75, 3.05) is 20.1 Å². The van der Waals surface area contributed by atoms with E-state index in [9.17, 15) is 0 Å². The van der Waals surface area contributed by atoms with Crippen LogP contribution >= 0.6 is 0 Å². The summed E-state index contributed by atoms with van der Waals surface area (Å²) in [5.74, 6) is 1.74. The number of hydrogen-bond donors (Lipinski definition) is 0. The standard InChI is InChI=1S/C10H19N/c1-4-5-10-6-9(2)7-11(3)8-10/h4,9-10H,1,5-8H2,2-3H3. The van der Waals surface area contributed by atoms with Crippen molar-refractivity contribution in [3.8, 4) is 0 Å². The zero-order chi connectivity index (χ0) is 8.27. The molecule has 1 rings (SSSR count). The molecule has 0 spiro atoms. The van der Waals surface area contributed by atoms with E-state index in [1.54, 1.807) is 0 Å². The molecule has 0 saturated carbocycles. The van der Waals surface area contributed by atoms with E-state index in [-0.39, 0.29) is 0 Å². The van der Waals surface area contributed by atoms with Gasteiger partial charge < -0.3 is 4.90 Å². The molecule has 0 aliphatic carbocycles. The molecule has 2 unspecified atom stereocenters. The summed E-state index contributed by atoms with van der Waals surface area (Å²) in [6, 6.07) is 0. The van der Waals surface area contributed by atoms with Crippen molar-refractivity contribution in [2.24, 2.45) is 11.8 Å². The maximum atomic E-state index is 3.79. The molecule has 1 fully saturated rings. The Labute approximate surface area is 70.1 Å². The average molecular weight is 153 g/mol. The number of piperidine rings is 1. The first-order chi connectivity index (χ1) is 5.22. The van der Waals surface area contributed by atoms with Gasteiger partial charge in [-0.1, -0.05) is 13.0 Å². The van der Waals surface area contributed by atoms with Crippen molar-refractivity contribution in [1.29, 1.82) is 0 Å². The van der Waals surface area contributed by atoms with Gasteiger partial charge in [-0.05, 0) is 31.7 Å². The largest absolute Gasteiger partial charge is 0.306 e. The molecule has 1 nitrogen and oxygen atoms in total. The summed E-state index contributed by atoms with van der Waals surface area (Å²) in [4.78, 5) is 2.43. The smallest absolute Gasteiger partial charge is 0.000979 e. The van der Waals surface area contributed by atoms with Gasteiger partial charge in [0.15, 0.2) is 0 Å². The highest BCUT2D eigenvalue weighted by Gasteiger charge is 2.20. The highest BCUT2D eigenvalue weighted by Crippen LogP contribution is 2.22. The molecule has 11 heavy (non-hydrogen) atoms. The van der Waals surface area contributed by atoms with Gasteiger partial charge in [-0.15, -0.1) is 6.58 Å². The van der Waals surface area contributed by atoms with Crippen molar-refractivity contribution in [3.05, 3.63) is 12.7 Å². The minimum atomic E-state index is 0.862. The van der Waals surface area contributed by atoms with E-state index < -0.39 is 0 Å². The van der Waals surface area contributed by atoms with E-state index in [4.69, 9.17) is 0 Å². The van der Waals surface area contributed by atoms with Crippen LogP contribution in [0.5, 0.6) is 0 Å². The lowest BCUT2D eigenvalue weighted by atomic mass is 9.89. The molecular formula is C10H19N. The van der Waals surface area contributed by atoms with E-state index in [0.29, 0.717) is 0 Å². The van der Waals surface area contributed by atoms with E-state index in [1.165, 1.54) is 25.9 Å². The van der Waals surface area contributed by atoms with Crippen molar-refractivity contribution < 1.29 is 0 Å². The fourth-order valence-corrected chi connectivity index (χ4v) is 2.17. The molecule has 0 amide bonds. The average Bonchev–Trinajstić information content (AvgIpc) is 1.85. The predicted molar refractivity (Wildman–Crippen MR) is 49.6 cm³/mol. The van der Waals surface area contributed by atoms with Crippen LogP contribution in [-0.2, 0) is 0 Å². The van der Waals surface area contributed by atoms with Gasteiger partial charge in [0.2, 0.25) is 0 Å². The third-order valence-electron chi connectivity index (χ3n) is 2.43. The predicted octanol–water partition coefficient (Wildman–Crippen LogP) is 2.15. The monoisotopic (exact) mass is 153 g/mol. The summed E-state index contributed by atoms with van der Waals surface area (Å²) in [6.07, 6.45) is 4.63. The summed E-state index contributed by atoms with van der Waals surface area (Å²) in [5, 5.41) is 0. The molecule has 1 aliphatic rings. The summed E-state index contributed by atoms with van der Waals surface area (Å²) in [5.41, 5.74) is 0. The van der Waals surface area contributed by atoms with Crippen LogP contribution in [-0.4, -0.2) is 25.0 Å². The van der Waals surface area contributed by atoms with Crippen molar-refractivity contribution in [1.82, 2.24) is 4.90 Å². The fraction of sp³-hybridized carbons (Fsp3) is 0.800. The summed E-state index contributed by atoms with van der Waals surface area (Å²) in [7, 11) is 2.21. The third-order valence-corrected chi connectivity index (χ3v) is 2.43. The van der Waals surface area contributed by atoms with Gasteiger partial charge >= 0.3 is 0 Å². The Morgan fingerprint density at radius 3 is 2.82 bits per heavy atom. The van der Waals surface area contributed by atoms with E-state index in [0.717, 1.165) is 11.8 Å². The zero-order valence-corrected chi connectivity index (χ0v) is 7.71. The number of nitrogens with zero attached hydrogens (tertiary/aromatic N) is 1. The van der Waals surface area contributed by atoms with E-state index in [2.05, 4.69) is 31.5 Å². The number of allylic oxidation sites excluding steroid dienone is 1. The van der Waals surface area contributed by atoms with Gasteiger partial charge in [0.25, 0.3) is 0 Å². The fourth-order valence-electron chi connectivity index (χ4n) is 2.17. The molecule has 2 atom stereocenters. The Balaban J connectivity index is 2.36. The maximum Gasteiger partial charge on any atom is 0.000979 e. The summed E-state index contributed by atoms with van der Waals surface area (Å²) >= 11 is 0. The topological polar surface area (TPSA) is 3.24 Å². The van der Waals surface area contributed by atoms with Crippen molar-refractivity contribution in [2.45, 2.75) is 19.8 Å². The Morgan fingerprint density at radius 2 is 2.27 bits per heavy atom. The molecule has 1 aliphatic heterocycles. The first kappa shape index (κ1) is 8.79. The van der Waals surface area contributed by atoms with Gasteiger partial charge in [0, 0.05) is 13.1 Å². The molecule has 0 N–H and O–H groups in total. The van der Waals surface area contributed by atoms with Crippen LogP contribution in [0.15, 0.2) is 12.7 Å². The van der Waals surface area contributed by atoms with Crippen LogP contribution in [0.2, 0.25) is 0 Å². The van der Waals surface area contributed by atoms with Crippen LogP contribution in [0.1, 0.15) is 19.8 Å². The van der Waals surface area contributed by atoms with Crippen LogP contribution < -0.4 is 0 Å². The second-order valence-corrected chi connectivity index (χ2v) is 3.95. The Bertz CT molecular complexity index is 121. The normalized spacial score (nSPS) is 33.6. The minimum absolute atomic E-state index is 0.862.